The van der Waals surface area contributed by atoms with Crippen LogP contribution in [-0.2, 0) is 0 Å². The number of hydrogen-bond acceptors (Lipinski definition) is 0. The maximum absolute atomic E-state index is 2.40. The van der Waals surface area contributed by atoms with E-state index >= 15 is 0 Å². The molecule has 0 spiro atoms. The lowest BCUT2D eigenvalue weighted by molar-refractivity contribution is 0.147. The van der Waals surface area contributed by atoms with Gasteiger partial charge in [-0.05, 0) is 42.9 Å². The molecule has 0 heteroatoms. The van der Waals surface area contributed by atoms with E-state index in [-0.39, 0.29) is 0 Å². The highest BCUT2D eigenvalue weighted by Gasteiger charge is 2.28. The van der Waals surface area contributed by atoms with E-state index in [1.54, 1.807) is 0 Å². The van der Waals surface area contributed by atoms with Crippen molar-refractivity contribution in [3.8, 4) is 0 Å². The lowest BCUT2D eigenvalue weighted by atomic mass is 9.69. The second kappa shape index (κ2) is 6.55. The Morgan fingerprint density at radius 1 is 1.07 bits per heavy atom. The summed E-state index contributed by atoms with van der Waals surface area (Å²) in [5.41, 5.74) is 0. The first kappa shape index (κ1) is 13.1. The van der Waals surface area contributed by atoms with Crippen LogP contribution in [-0.4, -0.2) is 0 Å². The first-order chi connectivity index (χ1) is 7.17. The lowest BCUT2D eigenvalue weighted by Gasteiger charge is -2.36. The zero-order valence-electron chi connectivity index (χ0n) is 11.3. The first-order valence-electron chi connectivity index (χ1n) is 7.17. The van der Waals surface area contributed by atoms with E-state index in [0.29, 0.717) is 0 Å². The van der Waals surface area contributed by atoms with Crippen LogP contribution in [0.25, 0.3) is 0 Å². The normalized spacial score (nSPS) is 32.2. The molecule has 0 amide bonds. The standard InChI is InChI=1S/C15H30/c1-5-7-13-8-9-15(10-12(3)4)14(6-2)11-13/h12-15H,5-11H2,1-4H3/t13-,14-,15+/m1/s1. The lowest BCUT2D eigenvalue weighted by Crippen LogP contribution is -2.25. The van der Waals surface area contributed by atoms with Gasteiger partial charge in [-0.15, -0.1) is 0 Å². The monoisotopic (exact) mass is 210 g/mol. The predicted molar refractivity (Wildman–Crippen MR) is 69.0 cm³/mol. The van der Waals surface area contributed by atoms with E-state index in [4.69, 9.17) is 0 Å². The average Bonchev–Trinajstić information content (AvgIpc) is 2.20. The van der Waals surface area contributed by atoms with E-state index in [2.05, 4.69) is 27.7 Å². The summed E-state index contributed by atoms with van der Waals surface area (Å²) in [6, 6.07) is 0. The molecule has 0 radical (unpaired) electrons. The van der Waals surface area contributed by atoms with Gasteiger partial charge in [0.2, 0.25) is 0 Å². The minimum absolute atomic E-state index is 0.895. The predicted octanol–water partition coefficient (Wildman–Crippen LogP) is 5.28. The van der Waals surface area contributed by atoms with E-state index in [9.17, 15) is 0 Å². The van der Waals surface area contributed by atoms with Crippen LogP contribution in [0.2, 0.25) is 0 Å². The van der Waals surface area contributed by atoms with Gasteiger partial charge < -0.3 is 0 Å². The topological polar surface area (TPSA) is 0 Å². The highest BCUT2D eigenvalue weighted by Crippen LogP contribution is 2.40. The van der Waals surface area contributed by atoms with Crippen LogP contribution in [0.15, 0.2) is 0 Å². The maximum atomic E-state index is 2.40. The van der Waals surface area contributed by atoms with Gasteiger partial charge in [0.05, 0.1) is 0 Å². The van der Waals surface area contributed by atoms with Gasteiger partial charge in [-0.3, -0.25) is 0 Å². The van der Waals surface area contributed by atoms with Crippen LogP contribution in [0, 0.1) is 23.7 Å². The van der Waals surface area contributed by atoms with Gasteiger partial charge in [-0.2, -0.15) is 0 Å². The molecule has 0 nitrogen and oxygen atoms in total. The van der Waals surface area contributed by atoms with Crippen molar-refractivity contribution in [2.24, 2.45) is 23.7 Å². The van der Waals surface area contributed by atoms with Crippen molar-refractivity contribution < 1.29 is 0 Å². The Hall–Kier alpha value is 0. The summed E-state index contributed by atoms with van der Waals surface area (Å²) in [7, 11) is 0. The number of hydrogen-bond donors (Lipinski definition) is 0. The van der Waals surface area contributed by atoms with E-state index < -0.39 is 0 Å². The SMILES string of the molecule is CCC[C@@H]1CC[C@@H](CC(C)C)[C@H](CC)C1. The second-order valence-corrected chi connectivity index (χ2v) is 6.03. The minimum atomic E-state index is 0.895. The van der Waals surface area contributed by atoms with E-state index in [0.717, 1.165) is 23.7 Å². The van der Waals surface area contributed by atoms with Crippen molar-refractivity contribution in [2.45, 2.75) is 72.6 Å². The molecular weight excluding hydrogens is 180 g/mol. The molecule has 1 aliphatic carbocycles. The third-order valence-corrected chi connectivity index (χ3v) is 4.24. The van der Waals surface area contributed by atoms with Crippen LogP contribution >= 0.6 is 0 Å². The molecule has 0 aromatic rings. The minimum Gasteiger partial charge on any atom is -0.0654 e. The summed E-state index contributed by atoms with van der Waals surface area (Å²) < 4.78 is 0. The summed E-state index contributed by atoms with van der Waals surface area (Å²) in [6.45, 7) is 9.49. The molecule has 1 saturated carbocycles. The Morgan fingerprint density at radius 3 is 2.33 bits per heavy atom. The quantitative estimate of drug-likeness (QED) is 0.579. The zero-order chi connectivity index (χ0) is 11.3. The van der Waals surface area contributed by atoms with Gasteiger partial charge >= 0.3 is 0 Å². The molecule has 0 aliphatic heterocycles. The Labute approximate surface area is 96.8 Å². The van der Waals surface area contributed by atoms with Gasteiger partial charge in [0.25, 0.3) is 0 Å². The maximum Gasteiger partial charge on any atom is -0.0383 e. The summed E-state index contributed by atoms with van der Waals surface area (Å²) in [4.78, 5) is 0. The van der Waals surface area contributed by atoms with Crippen LogP contribution in [0.5, 0.6) is 0 Å². The third kappa shape index (κ3) is 4.17. The van der Waals surface area contributed by atoms with Crippen molar-refractivity contribution in [1.82, 2.24) is 0 Å². The Bertz CT molecular complexity index is 159. The highest BCUT2D eigenvalue weighted by atomic mass is 14.3. The smallest absolute Gasteiger partial charge is 0.0383 e. The van der Waals surface area contributed by atoms with Crippen LogP contribution in [0.3, 0.4) is 0 Å². The summed E-state index contributed by atoms with van der Waals surface area (Å²) in [5.74, 6) is 4.04. The molecule has 1 fully saturated rings. The van der Waals surface area contributed by atoms with Crippen LogP contribution < -0.4 is 0 Å². The zero-order valence-corrected chi connectivity index (χ0v) is 11.3. The average molecular weight is 210 g/mol. The fourth-order valence-electron chi connectivity index (χ4n) is 3.51. The molecule has 0 bridgehead atoms. The molecular formula is C15H30. The molecule has 0 heterocycles. The van der Waals surface area contributed by atoms with Crippen molar-refractivity contribution in [1.29, 1.82) is 0 Å². The first-order valence-corrected chi connectivity index (χ1v) is 7.17. The largest absolute Gasteiger partial charge is 0.0654 e. The van der Waals surface area contributed by atoms with Gasteiger partial charge in [0, 0.05) is 0 Å². The van der Waals surface area contributed by atoms with Crippen molar-refractivity contribution in [2.75, 3.05) is 0 Å². The molecule has 0 aromatic carbocycles. The molecule has 15 heavy (non-hydrogen) atoms. The van der Waals surface area contributed by atoms with E-state index in [1.807, 2.05) is 0 Å². The molecule has 90 valence electrons. The summed E-state index contributed by atoms with van der Waals surface area (Å²) in [6.07, 6.45) is 10.3. The third-order valence-electron chi connectivity index (χ3n) is 4.24. The molecule has 0 N–H and O–H groups in total. The second-order valence-electron chi connectivity index (χ2n) is 6.03. The number of rotatable bonds is 5. The fourth-order valence-corrected chi connectivity index (χ4v) is 3.51. The molecule has 3 atom stereocenters. The van der Waals surface area contributed by atoms with Gasteiger partial charge in [0.1, 0.15) is 0 Å². The Balaban J connectivity index is 2.41. The highest BCUT2D eigenvalue weighted by molar-refractivity contribution is 4.80. The Kier molecular flexibility index (Phi) is 5.71. The molecule has 0 aromatic heterocycles. The van der Waals surface area contributed by atoms with Crippen LogP contribution in [0.4, 0.5) is 0 Å². The molecule has 1 aliphatic rings. The van der Waals surface area contributed by atoms with Gasteiger partial charge in [-0.25, -0.2) is 0 Å². The van der Waals surface area contributed by atoms with Crippen LogP contribution in [0.1, 0.15) is 72.6 Å². The van der Waals surface area contributed by atoms with Gasteiger partial charge in [0.15, 0.2) is 0 Å². The fraction of sp³-hybridized carbons (Fsp3) is 1.00. The van der Waals surface area contributed by atoms with Crippen molar-refractivity contribution >= 4 is 0 Å². The molecule has 1 rings (SSSR count). The summed E-state index contributed by atoms with van der Waals surface area (Å²) in [5, 5.41) is 0. The molecule has 0 unspecified atom stereocenters. The Morgan fingerprint density at radius 2 is 1.80 bits per heavy atom. The molecule has 0 saturated heterocycles. The van der Waals surface area contributed by atoms with E-state index in [1.165, 1.54) is 44.9 Å². The van der Waals surface area contributed by atoms with Gasteiger partial charge in [-0.1, -0.05) is 53.4 Å². The van der Waals surface area contributed by atoms with Crippen molar-refractivity contribution in [3.05, 3.63) is 0 Å². The summed E-state index contributed by atoms with van der Waals surface area (Å²) >= 11 is 0. The van der Waals surface area contributed by atoms with Crippen molar-refractivity contribution in [3.63, 3.8) is 0 Å².